The smallest absolute Gasteiger partial charge is 0.126 e. The van der Waals surface area contributed by atoms with Crippen LogP contribution in [0.15, 0.2) is 0 Å². The van der Waals surface area contributed by atoms with Crippen LogP contribution in [0.2, 0.25) is 5.31 Å². The molecule has 1 saturated heterocycles. The topological polar surface area (TPSA) is 41.3 Å². The minimum Gasteiger partial charge on any atom is -0.318 e. The maximum Gasteiger partial charge on any atom is 0.126 e. The van der Waals surface area contributed by atoms with E-state index in [1.165, 1.54) is 0 Å². The number of rotatable bonds is 3. The molecule has 0 aromatic heterocycles. The third kappa shape index (κ3) is 4.24. The Labute approximate surface area is 138 Å². The second-order valence-electron chi connectivity index (χ2n) is 8.97. The highest BCUT2D eigenvalue weighted by atomic mass is 19.1. The summed E-state index contributed by atoms with van der Waals surface area (Å²) in [4.78, 5) is 2.58. The van der Waals surface area contributed by atoms with E-state index in [1.54, 1.807) is 0 Å². The van der Waals surface area contributed by atoms with E-state index in [1.807, 2.05) is 6.92 Å². The lowest BCUT2D eigenvalue weighted by Crippen LogP contribution is -2.60. The minimum absolute atomic E-state index is 0.0908. The van der Waals surface area contributed by atoms with Crippen molar-refractivity contribution in [2.75, 3.05) is 6.67 Å². The van der Waals surface area contributed by atoms with Crippen LogP contribution in [-0.2, 0) is 0 Å². The first kappa shape index (κ1) is 19.9. The molecule has 0 bridgehead atoms. The van der Waals surface area contributed by atoms with Crippen molar-refractivity contribution in [1.82, 2.24) is 10.2 Å². The fraction of sp³-hybridized carbons (Fsp3) is 1.00. The molecule has 0 spiro atoms. The van der Waals surface area contributed by atoms with E-state index in [0.29, 0.717) is 31.6 Å². The van der Waals surface area contributed by atoms with Gasteiger partial charge < -0.3 is 5.73 Å². The van der Waals surface area contributed by atoms with Gasteiger partial charge in [-0.2, -0.15) is 0 Å². The zero-order valence-electron chi connectivity index (χ0n) is 16.0. The van der Waals surface area contributed by atoms with Crippen molar-refractivity contribution >= 4 is 7.85 Å². The molecule has 5 unspecified atom stereocenters. The Kier molecular flexibility index (Phi) is 6.14. The molecular formula is C17H37BFN3. The lowest BCUT2D eigenvalue weighted by atomic mass is 9.57. The summed E-state index contributed by atoms with van der Waals surface area (Å²) in [6.07, 6.45) is 2.03. The van der Waals surface area contributed by atoms with Gasteiger partial charge in [0, 0.05) is 30.3 Å². The highest BCUT2D eigenvalue weighted by Gasteiger charge is 2.48. The standard InChI is InChI=1S/C17H37BFN3/c1-12-8-9-17(19,13(2)21-11-20)10-16(7,18)14(3)22(12)15(4,5)6/h12-14,21H,8-11,18,20H2,1-7H3. The Balaban J connectivity index is 3.13. The SMILES string of the molecule is BC1(C)CC(F)(C(C)NCN)CCC(C)N(C(C)(C)C)C1C. The molecule has 1 fully saturated rings. The quantitative estimate of drug-likeness (QED) is 0.621. The number of hydrogen-bond acceptors (Lipinski definition) is 3. The summed E-state index contributed by atoms with van der Waals surface area (Å²) in [6.45, 7) is 15.8. The van der Waals surface area contributed by atoms with Crippen LogP contribution in [0.3, 0.4) is 0 Å². The third-order valence-electron chi connectivity index (χ3n) is 5.72. The molecule has 0 aliphatic carbocycles. The highest BCUT2D eigenvalue weighted by Crippen LogP contribution is 2.47. The molecule has 0 aromatic carbocycles. The predicted molar refractivity (Wildman–Crippen MR) is 96.8 cm³/mol. The van der Waals surface area contributed by atoms with E-state index in [0.717, 1.165) is 6.42 Å². The number of nitrogens with zero attached hydrogens (tertiary/aromatic N) is 1. The summed E-state index contributed by atoms with van der Waals surface area (Å²) in [5, 5.41) is 3.01. The predicted octanol–water partition coefficient (Wildman–Crippen LogP) is 2.46. The molecule has 0 amide bonds. The Bertz CT molecular complexity index is 369. The minimum atomic E-state index is -1.20. The first-order valence-corrected chi connectivity index (χ1v) is 8.76. The van der Waals surface area contributed by atoms with E-state index < -0.39 is 5.67 Å². The zero-order chi connectivity index (χ0) is 17.3. The van der Waals surface area contributed by atoms with Crippen molar-refractivity contribution < 1.29 is 4.39 Å². The van der Waals surface area contributed by atoms with Crippen LogP contribution in [0.1, 0.15) is 67.7 Å². The lowest BCUT2D eigenvalue weighted by Gasteiger charge is -2.54. The summed E-state index contributed by atoms with van der Waals surface area (Å²) in [5.74, 6) is 0. The molecule has 1 rings (SSSR count). The Morgan fingerprint density at radius 1 is 1.41 bits per heavy atom. The lowest BCUT2D eigenvalue weighted by molar-refractivity contribution is -0.0279. The zero-order valence-corrected chi connectivity index (χ0v) is 16.0. The molecular weight excluding hydrogens is 276 g/mol. The highest BCUT2D eigenvalue weighted by molar-refractivity contribution is 6.15. The van der Waals surface area contributed by atoms with Crippen molar-refractivity contribution in [2.24, 2.45) is 5.73 Å². The van der Waals surface area contributed by atoms with Gasteiger partial charge in [-0.3, -0.25) is 10.2 Å². The monoisotopic (exact) mass is 313 g/mol. The second kappa shape index (κ2) is 6.78. The summed E-state index contributed by atoms with van der Waals surface area (Å²) < 4.78 is 15.7. The summed E-state index contributed by atoms with van der Waals surface area (Å²) in [5.41, 5.74) is 4.47. The number of nitrogens with two attached hydrogens (primary N) is 1. The van der Waals surface area contributed by atoms with E-state index >= 15 is 4.39 Å². The summed E-state index contributed by atoms with van der Waals surface area (Å²) >= 11 is 0. The maximum atomic E-state index is 15.7. The van der Waals surface area contributed by atoms with Gasteiger partial charge in [0.25, 0.3) is 0 Å². The molecule has 3 N–H and O–H groups in total. The Morgan fingerprint density at radius 2 is 1.95 bits per heavy atom. The van der Waals surface area contributed by atoms with Gasteiger partial charge >= 0.3 is 0 Å². The van der Waals surface area contributed by atoms with E-state index in [9.17, 15) is 0 Å². The largest absolute Gasteiger partial charge is 0.318 e. The fourth-order valence-corrected chi connectivity index (χ4v) is 4.31. The van der Waals surface area contributed by atoms with Crippen LogP contribution in [0, 0.1) is 0 Å². The van der Waals surface area contributed by atoms with Crippen molar-refractivity contribution in [3.05, 3.63) is 0 Å². The van der Waals surface area contributed by atoms with E-state index in [4.69, 9.17) is 5.73 Å². The number of nitrogens with one attached hydrogen (secondary N) is 1. The molecule has 1 heterocycles. The average Bonchev–Trinajstić information content (AvgIpc) is 2.33. The molecule has 130 valence electrons. The van der Waals surface area contributed by atoms with Gasteiger partial charge in [0.05, 0.1) is 0 Å². The van der Waals surface area contributed by atoms with Crippen LogP contribution >= 0.6 is 0 Å². The van der Waals surface area contributed by atoms with Gasteiger partial charge in [0.1, 0.15) is 13.5 Å². The maximum absolute atomic E-state index is 15.7. The van der Waals surface area contributed by atoms with Crippen molar-refractivity contribution in [3.8, 4) is 0 Å². The molecule has 1 aliphatic heterocycles. The van der Waals surface area contributed by atoms with Gasteiger partial charge in [-0.15, -0.1) is 0 Å². The van der Waals surface area contributed by atoms with Gasteiger partial charge in [0.15, 0.2) is 0 Å². The molecule has 22 heavy (non-hydrogen) atoms. The van der Waals surface area contributed by atoms with E-state index in [2.05, 4.69) is 59.6 Å². The number of alkyl halides is 1. The van der Waals surface area contributed by atoms with Crippen LogP contribution < -0.4 is 11.1 Å². The van der Waals surface area contributed by atoms with Crippen LogP contribution in [0.4, 0.5) is 4.39 Å². The van der Waals surface area contributed by atoms with Crippen LogP contribution in [0.25, 0.3) is 0 Å². The third-order valence-corrected chi connectivity index (χ3v) is 5.72. The van der Waals surface area contributed by atoms with Crippen LogP contribution in [0.5, 0.6) is 0 Å². The summed E-state index contributed by atoms with van der Waals surface area (Å²) in [7, 11) is 2.21. The average molecular weight is 313 g/mol. The van der Waals surface area contributed by atoms with Crippen molar-refractivity contribution in [2.45, 2.75) is 102 Å². The first-order chi connectivity index (χ1) is 9.85. The molecule has 5 atom stereocenters. The summed E-state index contributed by atoms with van der Waals surface area (Å²) in [6, 6.07) is 0.482. The van der Waals surface area contributed by atoms with Gasteiger partial charge in [-0.1, -0.05) is 6.92 Å². The fourth-order valence-electron chi connectivity index (χ4n) is 4.31. The van der Waals surface area contributed by atoms with Crippen LogP contribution in [-0.4, -0.2) is 48.7 Å². The Hall–Kier alpha value is -0.125. The van der Waals surface area contributed by atoms with Crippen molar-refractivity contribution in [1.29, 1.82) is 0 Å². The molecule has 5 heteroatoms. The number of halogens is 1. The van der Waals surface area contributed by atoms with Gasteiger partial charge in [-0.05, 0) is 66.1 Å². The molecule has 1 aliphatic rings. The Morgan fingerprint density at radius 3 is 2.41 bits per heavy atom. The normalized spacial score (nSPS) is 40.0. The van der Waals surface area contributed by atoms with E-state index in [-0.39, 0.29) is 16.9 Å². The second-order valence-corrected chi connectivity index (χ2v) is 8.97. The van der Waals surface area contributed by atoms with Crippen molar-refractivity contribution in [3.63, 3.8) is 0 Å². The number of likely N-dealkylation sites (tertiary alicyclic amines) is 1. The molecule has 0 aromatic rings. The molecule has 0 radical (unpaired) electrons. The molecule has 0 saturated carbocycles. The number of hydrogen-bond donors (Lipinski definition) is 2. The molecule has 3 nitrogen and oxygen atoms in total. The first-order valence-electron chi connectivity index (χ1n) is 8.76. The van der Waals surface area contributed by atoms with Gasteiger partial charge in [-0.25, -0.2) is 4.39 Å². The van der Waals surface area contributed by atoms with Gasteiger partial charge in [0.2, 0.25) is 0 Å².